The van der Waals surface area contributed by atoms with Gasteiger partial charge in [0, 0.05) is 35.9 Å². The molecule has 0 saturated carbocycles. The predicted octanol–water partition coefficient (Wildman–Crippen LogP) is 2.74. The zero-order valence-corrected chi connectivity index (χ0v) is 13.5. The maximum Gasteiger partial charge on any atom is 0.249 e. The number of rotatable bonds is 3. The quantitative estimate of drug-likeness (QED) is 0.625. The van der Waals surface area contributed by atoms with Crippen LogP contribution < -0.4 is 5.32 Å². The zero-order valence-electron chi connectivity index (χ0n) is 13.5. The Kier molecular flexibility index (Phi) is 3.43. The number of benzene rings is 1. The van der Waals surface area contributed by atoms with E-state index < -0.39 is 5.91 Å². The van der Waals surface area contributed by atoms with E-state index in [2.05, 4.69) is 44.2 Å². The molecule has 0 atom stereocenters. The van der Waals surface area contributed by atoms with Crippen molar-refractivity contribution in [2.75, 3.05) is 5.32 Å². The lowest BCUT2D eigenvalue weighted by Gasteiger charge is -2.03. The Morgan fingerprint density at radius 1 is 1.24 bits per heavy atom. The lowest BCUT2D eigenvalue weighted by molar-refractivity contribution is -0.115. The molecule has 1 N–H and O–H groups in total. The van der Waals surface area contributed by atoms with Crippen molar-refractivity contribution in [1.29, 1.82) is 5.26 Å². The number of carbonyl (C=O) groups is 1. The molecule has 0 fully saturated rings. The molecule has 0 unspecified atom stereocenters. The molecule has 3 aromatic heterocycles. The van der Waals surface area contributed by atoms with Crippen LogP contribution in [0, 0.1) is 11.3 Å². The van der Waals surface area contributed by atoms with Crippen LogP contribution in [-0.2, 0) is 11.8 Å². The van der Waals surface area contributed by atoms with Gasteiger partial charge in [0.1, 0.15) is 6.42 Å². The van der Waals surface area contributed by atoms with Gasteiger partial charge in [0.25, 0.3) is 0 Å². The van der Waals surface area contributed by atoms with E-state index in [1.807, 2.05) is 31.6 Å². The molecule has 0 bridgehead atoms. The lowest BCUT2D eigenvalue weighted by atomic mass is 10.1. The second-order valence-corrected chi connectivity index (χ2v) is 5.74. The van der Waals surface area contributed by atoms with Crippen molar-refractivity contribution in [1.82, 2.24) is 19.2 Å². The standard InChI is InChI=1S/C18H14N6O/c1-23-9-7-13-10-12(2-4-15(13)23)14-3-5-16-20-18(22-24(16)11-14)21-17(25)6-8-19/h2-5,7,9-11H,6H2,1H3,(H,21,22,25). The number of amides is 1. The molecule has 0 radical (unpaired) electrons. The van der Waals surface area contributed by atoms with E-state index in [4.69, 9.17) is 5.26 Å². The number of fused-ring (bicyclic) bond motifs is 2. The van der Waals surface area contributed by atoms with Gasteiger partial charge in [-0.25, -0.2) is 4.52 Å². The van der Waals surface area contributed by atoms with Gasteiger partial charge in [-0.1, -0.05) is 6.07 Å². The Morgan fingerprint density at radius 3 is 2.92 bits per heavy atom. The number of hydrogen-bond donors (Lipinski definition) is 1. The molecule has 7 heteroatoms. The van der Waals surface area contributed by atoms with Crippen molar-refractivity contribution < 1.29 is 4.79 Å². The minimum absolute atomic E-state index is 0.191. The van der Waals surface area contributed by atoms with Gasteiger partial charge in [-0.2, -0.15) is 10.2 Å². The highest BCUT2D eigenvalue weighted by molar-refractivity contribution is 5.90. The molecule has 1 aromatic carbocycles. The molecule has 0 spiro atoms. The molecular formula is C18H14N6O. The number of hydrogen-bond acceptors (Lipinski definition) is 4. The van der Waals surface area contributed by atoms with Gasteiger partial charge in [0.2, 0.25) is 11.9 Å². The normalized spacial score (nSPS) is 10.9. The minimum Gasteiger partial charge on any atom is -0.351 e. The van der Waals surface area contributed by atoms with Crippen molar-refractivity contribution in [2.24, 2.45) is 7.05 Å². The topological polar surface area (TPSA) is 88.0 Å². The number of nitrogens with one attached hydrogen (secondary N) is 1. The summed E-state index contributed by atoms with van der Waals surface area (Å²) in [5.74, 6) is -0.232. The third-order valence-corrected chi connectivity index (χ3v) is 4.04. The van der Waals surface area contributed by atoms with Crippen LogP contribution >= 0.6 is 0 Å². The fourth-order valence-corrected chi connectivity index (χ4v) is 2.81. The Morgan fingerprint density at radius 2 is 2.08 bits per heavy atom. The number of aromatic nitrogens is 4. The summed E-state index contributed by atoms with van der Waals surface area (Å²) in [6.45, 7) is 0. The fourth-order valence-electron chi connectivity index (χ4n) is 2.81. The molecule has 0 aliphatic carbocycles. The van der Waals surface area contributed by atoms with E-state index in [1.54, 1.807) is 10.6 Å². The summed E-state index contributed by atoms with van der Waals surface area (Å²) in [5.41, 5.74) is 3.87. The number of carbonyl (C=O) groups excluding carboxylic acids is 1. The average molecular weight is 330 g/mol. The van der Waals surface area contributed by atoms with Crippen LogP contribution in [0.2, 0.25) is 0 Å². The van der Waals surface area contributed by atoms with Crippen LogP contribution in [0.15, 0.2) is 48.8 Å². The van der Waals surface area contributed by atoms with Crippen LogP contribution in [0.25, 0.3) is 27.7 Å². The molecule has 7 nitrogen and oxygen atoms in total. The first kappa shape index (κ1) is 14.9. The predicted molar refractivity (Wildman–Crippen MR) is 93.8 cm³/mol. The van der Waals surface area contributed by atoms with Crippen LogP contribution in [0.4, 0.5) is 5.95 Å². The third kappa shape index (κ3) is 2.70. The second kappa shape index (κ2) is 5.76. The van der Waals surface area contributed by atoms with Gasteiger partial charge in [-0.3, -0.25) is 10.1 Å². The van der Waals surface area contributed by atoms with E-state index in [1.165, 1.54) is 10.9 Å². The zero-order chi connectivity index (χ0) is 17.4. The van der Waals surface area contributed by atoms with Gasteiger partial charge in [-0.15, -0.1) is 5.10 Å². The summed E-state index contributed by atoms with van der Waals surface area (Å²) in [5, 5.41) is 16.5. The van der Waals surface area contributed by atoms with Gasteiger partial charge in [0.05, 0.1) is 6.07 Å². The first-order chi connectivity index (χ1) is 12.1. The Balaban J connectivity index is 1.70. The lowest BCUT2D eigenvalue weighted by Crippen LogP contribution is -2.11. The summed E-state index contributed by atoms with van der Waals surface area (Å²) >= 11 is 0. The summed E-state index contributed by atoms with van der Waals surface area (Å²) in [6.07, 6.45) is 3.68. The first-order valence-corrected chi connectivity index (χ1v) is 7.73. The fraction of sp³-hybridized carbons (Fsp3) is 0.111. The molecule has 0 aliphatic rings. The first-order valence-electron chi connectivity index (χ1n) is 7.73. The molecule has 0 saturated heterocycles. The van der Waals surface area contributed by atoms with Crippen molar-refractivity contribution in [3.63, 3.8) is 0 Å². The number of nitriles is 1. The number of pyridine rings is 1. The van der Waals surface area contributed by atoms with Gasteiger partial charge in [-0.05, 0) is 35.9 Å². The smallest absolute Gasteiger partial charge is 0.249 e. The van der Waals surface area contributed by atoms with Gasteiger partial charge in [0.15, 0.2) is 5.65 Å². The molecule has 0 aliphatic heterocycles. The molecule has 25 heavy (non-hydrogen) atoms. The monoisotopic (exact) mass is 330 g/mol. The highest BCUT2D eigenvalue weighted by Gasteiger charge is 2.09. The highest BCUT2D eigenvalue weighted by atomic mass is 16.1. The van der Waals surface area contributed by atoms with E-state index in [0.717, 1.165) is 11.1 Å². The van der Waals surface area contributed by atoms with Crippen molar-refractivity contribution in [2.45, 2.75) is 6.42 Å². The van der Waals surface area contributed by atoms with Gasteiger partial charge >= 0.3 is 0 Å². The van der Waals surface area contributed by atoms with Crippen molar-refractivity contribution >= 4 is 28.4 Å². The van der Waals surface area contributed by atoms with Crippen LogP contribution in [0.3, 0.4) is 0 Å². The average Bonchev–Trinajstić information content (AvgIpc) is 3.17. The molecule has 122 valence electrons. The van der Waals surface area contributed by atoms with Crippen LogP contribution in [0.5, 0.6) is 0 Å². The Labute approximate surface area is 143 Å². The summed E-state index contributed by atoms with van der Waals surface area (Å²) < 4.78 is 3.70. The number of nitrogens with zero attached hydrogens (tertiary/aromatic N) is 5. The van der Waals surface area contributed by atoms with E-state index in [9.17, 15) is 4.79 Å². The van der Waals surface area contributed by atoms with E-state index >= 15 is 0 Å². The highest BCUT2D eigenvalue weighted by Crippen LogP contribution is 2.25. The van der Waals surface area contributed by atoms with Crippen LogP contribution in [0.1, 0.15) is 6.42 Å². The summed E-state index contributed by atoms with van der Waals surface area (Å²) in [4.78, 5) is 15.7. The Hall–Kier alpha value is -3.66. The number of aryl methyl sites for hydroxylation is 1. The van der Waals surface area contributed by atoms with E-state index in [-0.39, 0.29) is 12.4 Å². The SMILES string of the molecule is Cn1ccc2cc(-c3ccc4nc(NC(=O)CC#N)nn4c3)ccc21. The maximum atomic E-state index is 11.5. The summed E-state index contributed by atoms with van der Waals surface area (Å²) in [7, 11) is 2.02. The minimum atomic E-state index is -0.423. The molecule has 3 heterocycles. The third-order valence-electron chi connectivity index (χ3n) is 4.04. The van der Waals surface area contributed by atoms with Gasteiger partial charge < -0.3 is 4.57 Å². The summed E-state index contributed by atoms with van der Waals surface area (Å²) in [6, 6.07) is 14.0. The van der Waals surface area contributed by atoms with E-state index in [0.29, 0.717) is 5.65 Å². The molecule has 4 rings (SSSR count). The maximum absolute atomic E-state index is 11.5. The molecule has 4 aromatic rings. The van der Waals surface area contributed by atoms with Crippen molar-refractivity contribution in [3.8, 4) is 17.2 Å². The number of anilines is 1. The van der Waals surface area contributed by atoms with Crippen LogP contribution in [-0.4, -0.2) is 25.1 Å². The Bertz CT molecular complexity index is 1150. The molecular weight excluding hydrogens is 316 g/mol. The molecule has 1 amide bonds. The largest absolute Gasteiger partial charge is 0.351 e. The van der Waals surface area contributed by atoms with Crippen molar-refractivity contribution in [3.05, 3.63) is 48.8 Å². The second-order valence-electron chi connectivity index (χ2n) is 5.74.